The van der Waals surface area contributed by atoms with E-state index in [9.17, 15) is 4.79 Å². The van der Waals surface area contributed by atoms with Crippen molar-refractivity contribution in [3.8, 4) is 17.2 Å². The number of aryl methyl sites for hydroxylation is 1. The molecule has 142 valence electrons. The fourth-order valence-corrected chi connectivity index (χ4v) is 2.75. The maximum atomic E-state index is 12.6. The molecule has 1 aromatic heterocycles. The van der Waals surface area contributed by atoms with Crippen molar-refractivity contribution in [3.63, 3.8) is 0 Å². The van der Waals surface area contributed by atoms with Gasteiger partial charge in [0.2, 0.25) is 12.7 Å². The first kappa shape index (κ1) is 17.6. The third-order valence-corrected chi connectivity index (χ3v) is 4.12. The summed E-state index contributed by atoms with van der Waals surface area (Å²) in [6.07, 6.45) is 1.52. The van der Waals surface area contributed by atoms with Crippen molar-refractivity contribution < 1.29 is 19.0 Å². The number of aromatic nitrogens is 2. The van der Waals surface area contributed by atoms with Crippen LogP contribution in [-0.2, 0) is 0 Å². The lowest BCUT2D eigenvalue weighted by Crippen LogP contribution is -2.14. The summed E-state index contributed by atoms with van der Waals surface area (Å²) in [5.41, 5.74) is 2.58. The van der Waals surface area contributed by atoms with Crippen molar-refractivity contribution in [2.24, 2.45) is 0 Å². The number of fused-ring (bicyclic) bond motifs is 1. The third-order valence-electron chi connectivity index (χ3n) is 4.12. The Bertz CT molecular complexity index is 1040. The van der Waals surface area contributed by atoms with Crippen molar-refractivity contribution >= 4 is 23.2 Å². The van der Waals surface area contributed by atoms with Gasteiger partial charge in [-0.05, 0) is 42.8 Å². The molecule has 2 aromatic carbocycles. The van der Waals surface area contributed by atoms with E-state index in [1.54, 1.807) is 31.4 Å². The number of benzene rings is 2. The molecule has 0 radical (unpaired) electrons. The molecule has 1 amide bonds. The molecule has 0 aliphatic carbocycles. The fraction of sp³-hybridized carbons (Fsp3) is 0.150. The molecule has 1 aliphatic heterocycles. The third kappa shape index (κ3) is 3.66. The Morgan fingerprint density at radius 2 is 1.96 bits per heavy atom. The topological polar surface area (TPSA) is 94.6 Å². The zero-order chi connectivity index (χ0) is 19.5. The Morgan fingerprint density at radius 3 is 2.82 bits per heavy atom. The number of hydrogen-bond donors (Lipinski definition) is 2. The lowest BCUT2D eigenvalue weighted by Gasteiger charge is -2.11. The van der Waals surface area contributed by atoms with E-state index < -0.39 is 0 Å². The molecule has 0 bridgehead atoms. The van der Waals surface area contributed by atoms with E-state index in [2.05, 4.69) is 20.6 Å². The van der Waals surface area contributed by atoms with Gasteiger partial charge in [-0.15, -0.1) is 0 Å². The van der Waals surface area contributed by atoms with Crippen molar-refractivity contribution in [2.75, 3.05) is 24.5 Å². The van der Waals surface area contributed by atoms with Crippen LogP contribution in [-0.4, -0.2) is 29.8 Å². The summed E-state index contributed by atoms with van der Waals surface area (Å²) in [4.78, 5) is 21.0. The van der Waals surface area contributed by atoms with Gasteiger partial charge in [0.25, 0.3) is 5.91 Å². The van der Waals surface area contributed by atoms with E-state index in [1.165, 1.54) is 6.20 Å². The van der Waals surface area contributed by atoms with E-state index in [-0.39, 0.29) is 18.4 Å². The first-order chi connectivity index (χ1) is 13.6. The number of methoxy groups -OCH3 is 1. The highest BCUT2D eigenvalue weighted by atomic mass is 16.7. The summed E-state index contributed by atoms with van der Waals surface area (Å²) in [7, 11) is 1.59. The summed E-state index contributed by atoms with van der Waals surface area (Å²) in [6, 6.07) is 12.5. The van der Waals surface area contributed by atoms with Crippen LogP contribution >= 0.6 is 0 Å². The van der Waals surface area contributed by atoms with Crippen molar-refractivity contribution in [3.05, 3.63) is 59.9 Å². The minimum absolute atomic E-state index is 0.177. The molecule has 1 aliphatic rings. The van der Waals surface area contributed by atoms with Crippen molar-refractivity contribution in [1.29, 1.82) is 0 Å². The molecule has 3 aromatic rings. The van der Waals surface area contributed by atoms with Crippen LogP contribution in [0.4, 0.5) is 17.3 Å². The van der Waals surface area contributed by atoms with Gasteiger partial charge in [-0.25, -0.2) is 9.97 Å². The molecule has 8 heteroatoms. The highest BCUT2D eigenvalue weighted by Gasteiger charge is 2.16. The van der Waals surface area contributed by atoms with Gasteiger partial charge >= 0.3 is 0 Å². The summed E-state index contributed by atoms with van der Waals surface area (Å²) >= 11 is 0. The van der Waals surface area contributed by atoms with Crippen LogP contribution in [0.2, 0.25) is 0 Å². The minimum atomic E-state index is -0.361. The van der Waals surface area contributed by atoms with E-state index in [0.29, 0.717) is 28.9 Å². The predicted octanol–water partition coefficient (Wildman–Crippen LogP) is 3.52. The van der Waals surface area contributed by atoms with Gasteiger partial charge in [0.15, 0.2) is 11.5 Å². The molecular weight excluding hydrogens is 360 g/mol. The number of anilines is 3. The number of carbonyl (C=O) groups is 1. The molecule has 2 N–H and O–H groups in total. The van der Waals surface area contributed by atoms with Gasteiger partial charge in [0, 0.05) is 18.0 Å². The second kappa shape index (κ2) is 7.43. The summed E-state index contributed by atoms with van der Waals surface area (Å²) in [5, 5.41) is 5.89. The Kier molecular flexibility index (Phi) is 4.67. The largest absolute Gasteiger partial charge is 0.495 e. The van der Waals surface area contributed by atoms with Gasteiger partial charge in [-0.3, -0.25) is 4.79 Å². The van der Waals surface area contributed by atoms with Crippen LogP contribution in [0.3, 0.4) is 0 Å². The second-order valence-electron chi connectivity index (χ2n) is 6.12. The van der Waals surface area contributed by atoms with Gasteiger partial charge in [-0.1, -0.05) is 6.07 Å². The number of amides is 1. The Hall–Kier alpha value is -3.81. The molecule has 8 nitrogen and oxygen atoms in total. The average molecular weight is 378 g/mol. The Labute approximate surface area is 161 Å². The lowest BCUT2D eigenvalue weighted by atomic mass is 10.2. The lowest BCUT2D eigenvalue weighted by molar-refractivity contribution is 0.102. The zero-order valence-corrected chi connectivity index (χ0v) is 15.4. The number of carbonyl (C=O) groups excluding carboxylic acids is 1. The zero-order valence-electron chi connectivity index (χ0n) is 15.4. The van der Waals surface area contributed by atoms with E-state index in [0.717, 1.165) is 11.3 Å². The van der Waals surface area contributed by atoms with Gasteiger partial charge < -0.3 is 24.8 Å². The Morgan fingerprint density at radius 1 is 1.11 bits per heavy atom. The van der Waals surface area contributed by atoms with E-state index in [1.807, 2.05) is 25.1 Å². The molecule has 0 saturated carbocycles. The molecule has 2 heterocycles. The molecular formula is C20H18N4O4. The Balaban J connectivity index is 1.52. The first-order valence-corrected chi connectivity index (χ1v) is 8.58. The number of nitrogens with zero attached hydrogens (tertiary/aromatic N) is 2. The van der Waals surface area contributed by atoms with Crippen LogP contribution in [0.25, 0.3) is 0 Å². The van der Waals surface area contributed by atoms with Crippen LogP contribution < -0.4 is 24.8 Å². The van der Waals surface area contributed by atoms with Crippen molar-refractivity contribution in [2.45, 2.75) is 6.92 Å². The molecule has 0 atom stereocenters. The summed E-state index contributed by atoms with van der Waals surface area (Å²) in [5.74, 6) is 1.83. The number of hydrogen-bond acceptors (Lipinski definition) is 7. The first-order valence-electron chi connectivity index (χ1n) is 8.58. The summed E-state index contributed by atoms with van der Waals surface area (Å²) in [6.45, 7) is 2.15. The standard InChI is InChI=1S/C20H18N4O4/c1-12-3-5-16(26-2)15(9-12)24-20-21-8-7-14(23-20)19(25)22-13-4-6-17-18(10-13)28-11-27-17/h3-10H,11H2,1-2H3,(H,22,25)(H,21,23,24). The van der Waals surface area contributed by atoms with Crippen LogP contribution in [0, 0.1) is 6.92 Å². The van der Waals surface area contributed by atoms with Crippen molar-refractivity contribution in [1.82, 2.24) is 9.97 Å². The molecule has 0 spiro atoms. The van der Waals surface area contributed by atoms with Crippen LogP contribution in [0.1, 0.15) is 16.1 Å². The monoisotopic (exact) mass is 378 g/mol. The molecule has 0 fully saturated rings. The predicted molar refractivity (Wildman–Crippen MR) is 104 cm³/mol. The minimum Gasteiger partial charge on any atom is -0.495 e. The van der Waals surface area contributed by atoms with Crippen LogP contribution in [0.5, 0.6) is 17.2 Å². The van der Waals surface area contributed by atoms with Gasteiger partial charge in [0.1, 0.15) is 11.4 Å². The number of rotatable bonds is 5. The molecule has 4 rings (SSSR count). The van der Waals surface area contributed by atoms with Crippen LogP contribution in [0.15, 0.2) is 48.7 Å². The fourth-order valence-electron chi connectivity index (χ4n) is 2.75. The molecule has 0 saturated heterocycles. The molecule has 28 heavy (non-hydrogen) atoms. The van der Waals surface area contributed by atoms with Gasteiger partial charge in [-0.2, -0.15) is 0 Å². The highest BCUT2D eigenvalue weighted by molar-refractivity contribution is 6.03. The number of ether oxygens (including phenoxy) is 3. The SMILES string of the molecule is COc1ccc(C)cc1Nc1nccc(C(=O)Nc2ccc3c(c2)OCO3)n1. The second-order valence-corrected chi connectivity index (χ2v) is 6.12. The maximum absolute atomic E-state index is 12.6. The summed E-state index contributed by atoms with van der Waals surface area (Å²) < 4.78 is 15.9. The quantitative estimate of drug-likeness (QED) is 0.701. The average Bonchev–Trinajstić information content (AvgIpc) is 3.16. The number of nitrogens with one attached hydrogen (secondary N) is 2. The normalized spacial score (nSPS) is 11.8. The molecule has 0 unspecified atom stereocenters. The van der Waals surface area contributed by atoms with E-state index >= 15 is 0 Å². The smallest absolute Gasteiger partial charge is 0.274 e. The maximum Gasteiger partial charge on any atom is 0.274 e. The van der Waals surface area contributed by atoms with Gasteiger partial charge in [0.05, 0.1) is 12.8 Å². The van der Waals surface area contributed by atoms with E-state index in [4.69, 9.17) is 14.2 Å². The highest BCUT2D eigenvalue weighted by Crippen LogP contribution is 2.34.